The Labute approximate surface area is 123 Å². The van der Waals surface area contributed by atoms with Gasteiger partial charge in [0.1, 0.15) is 11.6 Å². The van der Waals surface area contributed by atoms with Crippen LogP contribution in [0.15, 0.2) is 12.1 Å². The first-order valence-corrected chi connectivity index (χ1v) is 7.64. The van der Waals surface area contributed by atoms with Gasteiger partial charge in [-0.25, -0.2) is 21.9 Å². The molecule has 0 spiro atoms. The summed E-state index contributed by atoms with van der Waals surface area (Å²) in [6, 6.07) is 1.23. The molecule has 0 aromatic heterocycles. The topological polar surface area (TPSA) is 63.2 Å². The van der Waals surface area contributed by atoms with Gasteiger partial charge in [-0.05, 0) is 25.0 Å². The van der Waals surface area contributed by atoms with E-state index >= 15 is 0 Å². The minimum atomic E-state index is -4.51. The summed E-state index contributed by atoms with van der Waals surface area (Å²) in [5.41, 5.74) is -0.792. The molecule has 0 heterocycles. The summed E-state index contributed by atoms with van der Waals surface area (Å²) < 4.78 is 86.6. The van der Waals surface area contributed by atoms with Gasteiger partial charge in [0.15, 0.2) is 0 Å². The van der Waals surface area contributed by atoms with Gasteiger partial charge in [0.2, 0.25) is 10.0 Å². The van der Waals surface area contributed by atoms with Crippen LogP contribution in [-0.4, -0.2) is 26.3 Å². The van der Waals surface area contributed by atoms with Crippen molar-refractivity contribution < 1.29 is 35.2 Å². The molecule has 1 aromatic rings. The number of alkyl halides is 3. The van der Waals surface area contributed by atoms with Gasteiger partial charge < -0.3 is 0 Å². The maximum absolute atomic E-state index is 13.4. The molecule has 0 atom stereocenters. The molecule has 0 fully saturated rings. The molecule has 22 heavy (non-hydrogen) atoms. The molecule has 1 rings (SSSR count). The summed E-state index contributed by atoms with van der Waals surface area (Å²) in [6.45, 7) is 1.24. The second-order valence-electron chi connectivity index (χ2n) is 4.55. The van der Waals surface area contributed by atoms with Crippen molar-refractivity contribution in [1.29, 1.82) is 0 Å². The van der Waals surface area contributed by atoms with Crippen LogP contribution in [0.5, 0.6) is 0 Å². The van der Waals surface area contributed by atoms with Crippen molar-refractivity contribution in [3.05, 3.63) is 34.9 Å². The normalized spacial score (nSPS) is 12.3. The fourth-order valence-corrected chi connectivity index (χ4v) is 2.56. The van der Waals surface area contributed by atoms with Crippen molar-refractivity contribution in [3.63, 3.8) is 0 Å². The molecular weight excluding hydrogens is 333 g/mol. The smallest absolute Gasteiger partial charge is 0.268 e. The number of hydrogen-bond donors (Lipinski definition) is 1. The number of nitrogens with one attached hydrogen (secondary N) is 1. The minimum absolute atomic E-state index is 0.0824. The van der Waals surface area contributed by atoms with Gasteiger partial charge in [-0.2, -0.15) is 13.2 Å². The Balaban J connectivity index is 2.77. The molecule has 1 aromatic carbocycles. The van der Waals surface area contributed by atoms with Crippen molar-refractivity contribution in [2.75, 3.05) is 5.75 Å². The van der Waals surface area contributed by atoms with Crippen molar-refractivity contribution >= 4 is 15.9 Å². The summed E-state index contributed by atoms with van der Waals surface area (Å²) in [6.07, 6.45) is -6.58. The van der Waals surface area contributed by atoms with E-state index in [4.69, 9.17) is 0 Å². The van der Waals surface area contributed by atoms with E-state index in [1.807, 2.05) is 0 Å². The standard InChI is InChI=1S/C12H12F5NO3S/c1-7-5-8(10(14)6-9(7)13)11(19)18-22(20,21)4-2-3-12(15,16)17/h5-6H,2-4H2,1H3,(H,18,19). The van der Waals surface area contributed by atoms with E-state index in [-0.39, 0.29) is 5.56 Å². The Morgan fingerprint density at radius 2 is 1.77 bits per heavy atom. The Kier molecular flexibility index (Phi) is 5.49. The predicted molar refractivity (Wildman–Crippen MR) is 67.6 cm³/mol. The van der Waals surface area contributed by atoms with Crippen molar-refractivity contribution in [3.8, 4) is 0 Å². The summed E-state index contributed by atoms with van der Waals surface area (Å²) >= 11 is 0. The van der Waals surface area contributed by atoms with E-state index in [2.05, 4.69) is 0 Å². The zero-order valence-corrected chi connectivity index (χ0v) is 12.1. The van der Waals surface area contributed by atoms with Gasteiger partial charge in [0, 0.05) is 12.5 Å². The van der Waals surface area contributed by atoms with Gasteiger partial charge >= 0.3 is 6.18 Å². The number of benzene rings is 1. The van der Waals surface area contributed by atoms with Crippen LogP contribution in [0, 0.1) is 18.6 Å². The highest BCUT2D eigenvalue weighted by Gasteiger charge is 2.28. The van der Waals surface area contributed by atoms with Gasteiger partial charge in [-0.1, -0.05) is 0 Å². The van der Waals surface area contributed by atoms with E-state index < -0.39 is 57.9 Å². The molecule has 1 N–H and O–H groups in total. The SMILES string of the molecule is Cc1cc(C(=O)NS(=O)(=O)CCCC(F)(F)F)c(F)cc1F. The third-order valence-electron chi connectivity index (χ3n) is 2.61. The van der Waals surface area contributed by atoms with Crippen LogP contribution < -0.4 is 4.72 Å². The van der Waals surface area contributed by atoms with Crippen LogP contribution in [-0.2, 0) is 10.0 Å². The molecule has 124 valence electrons. The first kappa shape index (κ1) is 18.3. The summed E-state index contributed by atoms with van der Waals surface area (Å²) in [5.74, 6) is -4.50. The second-order valence-corrected chi connectivity index (χ2v) is 6.39. The summed E-state index contributed by atoms with van der Waals surface area (Å²) in [7, 11) is -4.35. The molecular formula is C12H12F5NO3S. The van der Waals surface area contributed by atoms with Gasteiger partial charge in [0.05, 0.1) is 11.3 Å². The number of rotatable bonds is 5. The van der Waals surface area contributed by atoms with Crippen LogP contribution in [0.1, 0.15) is 28.8 Å². The van der Waals surface area contributed by atoms with Crippen LogP contribution in [0.3, 0.4) is 0 Å². The lowest BCUT2D eigenvalue weighted by atomic mass is 10.1. The van der Waals surface area contributed by atoms with Gasteiger partial charge in [-0.15, -0.1) is 0 Å². The predicted octanol–water partition coefficient (Wildman–Crippen LogP) is 2.68. The molecule has 0 unspecified atom stereocenters. The molecule has 0 saturated heterocycles. The van der Waals surface area contributed by atoms with Crippen molar-refractivity contribution in [2.24, 2.45) is 0 Å². The zero-order chi connectivity index (χ0) is 17.1. The number of aryl methyl sites for hydroxylation is 1. The Bertz CT molecular complexity index is 670. The molecule has 0 aliphatic carbocycles. The van der Waals surface area contributed by atoms with E-state index in [0.29, 0.717) is 6.07 Å². The lowest BCUT2D eigenvalue weighted by Gasteiger charge is -2.09. The number of carbonyl (C=O) groups excluding carboxylic acids is 1. The molecule has 4 nitrogen and oxygen atoms in total. The highest BCUT2D eigenvalue weighted by Crippen LogP contribution is 2.21. The first-order valence-electron chi connectivity index (χ1n) is 5.98. The van der Waals surface area contributed by atoms with Crippen molar-refractivity contribution in [2.45, 2.75) is 25.9 Å². The number of halogens is 5. The molecule has 1 amide bonds. The number of sulfonamides is 1. The lowest BCUT2D eigenvalue weighted by Crippen LogP contribution is -2.33. The Morgan fingerprint density at radius 3 is 2.32 bits per heavy atom. The average molecular weight is 345 g/mol. The van der Waals surface area contributed by atoms with E-state index in [1.54, 1.807) is 0 Å². The van der Waals surface area contributed by atoms with Gasteiger partial charge in [-0.3, -0.25) is 4.79 Å². The van der Waals surface area contributed by atoms with E-state index in [1.165, 1.54) is 11.6 Å². The highest BCUT2D eigenvalue weighted by atomic mass is 32.2. The third-order valence-corrected chi connectivity index (χ3v) is 3.94. The van der Waals surface area contributed by atoms with Crippen molar-refractivity contribution in [1.82, 2.24) is 4.72 Å². The maximum Gasteiger partial charge on any atom is 0.389 e. The fourth-order valence-electron chi connectivity index (χ4n) is 1.54. The van der Waals surface area contributed by atoms with E-state index in [0.717, 1.165) is 6.07 Å². The molecule has 0 bridgehead atoms. The maximum atomic E-state index is 13.4. The highest BCUT2D eigenvalue weighted by molar-refractivity contribution is 7.90. The van der Waals surface area contributed by atoms with Crippen LogP contribution >= 0.6 is 0 Å². The number of carbonyl (C=O) groups is 1. The van der Waals surface area contributed by atoms with E-state index in [9.17, 15) is 35.2 Å². The fraction of sp³-hybridized carbons (Fsp3) is 0.417. The van der Waals surface area contributed by atoms with Gasteiger partial charge in [0.25, 0.3) is 5.91 Å². The summed E-state index contributed by atoms with van der Waals surface area (Å²) in [5, 5.41) is 0. The van der Waals surface area contributed by atoms with Crippen LogP contribution in [0.25, 0.3) is 0 Å². The van der Waals surface area contributed by atoms with Crippen LogP contribution in [0.2, 0.25) is 0 Å². The summed E-state index contributed by atoms with van der Waals surface area (Å²) in [4.78, 5) is 11.6. The first-order chi connectivity index (χ1) is 9.91. The Hall–Kier alpha value is -1.71. The molecule has 10 heteroatoms. The monoisotopic (exact) mass is 345 g/mol. The third kappa shape index (κ3) is 5.58. The molecule has 0 aliphatic heterocycles. The van der Waals surface area contributed by atoms with Crippen LogP contribution in [0.4, 0.5) is 22.0 Å². The Morgan fingerprint density at radius 1 is 1.18 bits per heavy atom. The molecule has 0 saturated carbocycles. The zero-order valence-electron chi connectivity index (χ0n) is 11.3. The largest absolute Gasteiger partial charge is 0.389 e. The number of hydrogen-bond acceptors (Lipinski definition) is 3. The molecule has 0 radical (unpaired) electrons. The number of amides is 1. The quantitative estimate of drug-likeness (QED) is 0.835. The minimum Gasteiger partial charge on any atom is -0.268 e. The second kappa shape index (κ2) is 6.59. The average Bonchev–Trinajstić information content (AvgIpc) is 2.30. The molecule has 0 aliphatic rings. The lowest BCUT2D eigenvalue weighted by molar-refractivity contribution is -0.134.